The molecule has 1 fully saturated rings. The van der Waals surface area contributed by atoms with E-state index in [2.05, 4.69) is 4.72 Å². The minimum Gasteiger partial charge on any atom is -0.279 e. The zero-order chi connectivity index (χ0) is 20.7. The first-order valence-corrected chi connectivity index (χ1v) is 12.3. The molecule has 1 saturated heterocycles. The van der Waals surface area contributed by atoms with Gasteiger partial charge in [0.1, 0.15) is 0 Å². The van der Waals surface area contributed by atoms with Crippen molar-refractivity contribution in [1.82, 2.24) is 0 Å². The number of aryl methyl sites for hydroxylation is 4. The molecule has 8 heteroatoms. The zero-order valence-corrected chi connectivity index (χ0v) is 18.2. The summed E-state index contributed by atoms with van der Waals surface area (Å²) in [6, 6.07) is 8.82. The van der Waals surface area contributed by atoms with Crippen LogP contribution in [0.1, 0.15) is 35.1 Å². The van der Waals surface area contributed by atoms with Crippen LogP contribution in [0.25, 0.3) is 0 Å². The van der Waals surface area contributed by atoms with Crippen molar-refractivity contribution < 1.29 is 16.8 Å². The van der Waals surface area contributed by atoms with Gasteiger partial charge >= 0.3 is 0 Å². The van der Waals surface area contributed by atoms with E-state index in [1.807, 2.05) is 26.0 Å². The molecule has 1 aliphatic heterocycles. The number of nitrogens with zero attached hydrogens (tertiary/aromatic N) is 1. The van der Waals surface area contributed by atoms with Gasteiger partial charge in [-0.15, -0.1) is 0 Å². The van der Waals surface area contributed by atoms with Gasteiger partial charge in [-0.3, -0.25) is 9.03 Å². The summed E-state index contributed by atoms with van der Waals surface area (Å²) in [6.45, 7) is 7.63. The van der Waals surface area contributed by atoms with Gasteiger partial charge in [0.25, 0.3) is 10.0 Å². The van der Waals surface area contributed by atoms with E-state index in [1.165, 1.54) is 4.31 Å². The van der Waals surface area contributed by atoms with Crippen LogP contribution in [-0.2, 0) is 20.0 Å². The number of anilines is 2. The fourth-order valence-electron chi connectivity index (χ4n) is 3.70. The maximum Gasteiger partial charge on any atom is 0.262 e. The Hall–Kier alpha value is -2.06. The molecule has 0 radical (unpaired) electrons. The third-order valence-corrected chi connectivity index (χ3v) is 8.52. The maximum atomic E-state index is 13.1. The molecule has 1 N–H and O–H groups in total. The van der Waals surface area contributed by atoms with Gasteiger partial charge in [0, 0.05) is 6.54 Å². The third-order valence-electron chi connectivity index (χ3n) is 4.98. The quantitative estimate of drug-likeness (QED) is 0.815. The van der Waals surface area contributed by atoms with Crippen LogP contribution < -0.4 is 9.03 Å². The summed E-state index contributed by atoms with van der Waals surface area (Å²) in [5.74, 6) is 0.124. The summed E-state index contributed by atoms with van der Waals surface area (Å²) < 4.78 is 54.9. The second-order valence-electron chi connectivity index (χ2n) is 7.43. The Labute approximate surface area is 167 Å². The summed E-state index contributed by atoms with van der Waals surface area (Å²) in [4.78, 5) is 0.186. The van der Waals surface area contributed by atoms with E-state index in [-0.39, 0.29) is 10.6 Å². The molecule has 28 heavy (non-hydrogen) atoms. The van der Waals surface area contributed by atoms with E-state index in [0.717, 1.165) is 17.5 Å². The minimum absolute atomic E-state index is 0.124. The minimum atomic E-state index is -3.80. The molecule has 152 valence electrons. The molecular formula is C20H26N2O4S2. The Bertz CT molecular complexity index is 1100. The van der Waals surface area contributed by atoms with E-state index in [0.29, 0.717) is 35.5 Å². The molecule has 3 rings (SSSR count). The Kier molecular flexibility index (Phi) is 5.46. The summed E-state index contributed by atoms with van der Waals surface area (Å²) in [7, 11) is -7.15. The van der Waals surface area contributed by atoms with Gasteiger partial charge in [0.2, 0.25) is 10.0 Å². The standard InChI is InChI=1S/C20H26N2O4S2/c1-14-7-8-19(15(2)11-14)21-28(25,26)20-16(3)12-18(13-17(20)4)22-9-5-6-10-27(22,23)24/h7-8,11-13,21H,5-6,9-10H2,1-4H3. The van der Waals surface area contributed by atoms with E-state index in [9.17, 15) is 16.8 Å². The molecule has 0 amide bonds. The van der Waals surface area contributed by atoms with Gasteiger partial charge in [-0.05, 0) is 75.4 Å². The Morgan fingerprint density at radius 2 is 1.57 bits per heavy atom. The molecule has 0 unspecified atom stereocenters. The lowest BCUT2D eigenvalue weighted by Gasteiger charge is -2.29. The molecule has 2 aromatic carbocycles. The number of hydrogen-bond donors (Lipinski definition) is 1. The lowest BCUT2D eigenvalue weighted by molar-refractivity contribution is 0.574. The number of nitrogens with one attached hydrogen (secondary N) is 1. The van der Waals surface area contributed by atoms with Gasteiger partial charge < -0.3 is 0 Å². The van der Waals surface area contributed by atoms with Crippen LogP contribution in [0.5, 0.6) is 0 Å². The number of hydrogen-bond acceptors (Lipinski definition) is 4. The predicted octanol–water partition coefficient (Wildman–Crippen LogP) is 3.65. The monoisotopic (exact) mass is 422 g/mol. The molecule has 1 aliphatic rings. The Balaban J connectivity index is 2.00. The van der Waals surface area contributed by atoms with Crippen LogP contribution in [0.3, 0.4) is 0 Å². The van der Waals surface area contributed by atoms with Crippen molar-refractivity contribution in [2.24, 2.45) is 0 Å². The normalized spacial score (nSPS) is 16.8. The van der Waals surface area contributed by atoms with Gasteiger partial charge in [0.05, 0.1) is 22.0 Å². The molecule has 6 nitrogen and oxygen atoms in total. The molecule has 1 heterocycles. The van der Waals surface area contributed by atoms with Gasteiger partial charge in [-0.1, -0.05) is 17.7 Å². The smallest absolute Gasteiger partial charge is 0.262 e. The number of benzene rings is 2. The van der Waals surface area contributed by atoms with Crippen LogP contribution in [0.15, 0.2) is 35.2 Å². The first-order chi connectivity index (χ1) is 13.0. The highest BCUT2D eigenvalue weighted by atomic mass is 32.2. The van der Waals surface area contributed by atoms with Crippen molar-refractivity contribution in [2.75, 3.05) is 21.3 Å². The number of sulfonamides is 2. The molecule has 0 bridgehead atoms. The predicted molar refractivity (Wildman–Crippen MR) is 113 cm³/mol. The van der Waals surface area contributed by atoms with Crippen LogP contribution in [0.4, 0.5) is 11.4 Å². The average Bonchev–Trinajstić information content (AvgIpc) is 2.56. The first kappa shape index (κ1) is 20.7. The highest BCUT2D eigenvalue weighted by Crippen LogP contribution is 2.31. The van der Waals surface area contributed by atoms with Gasteiger partial charge in [0.15, 0.2) is 0 Å². The van der Waals surface area contributed by atoms with Gasteiger partial charge in [-0.25, -0.2) is 16.8 Å². The van der Waals surface area contributed by atoms with Gasteiger partial charge in [-0.2, -0.15) is 0 Å². The van der Waals surface area contributed by atoms with Crippen molar-refractivity contribution in [3.63, 3.8) is 0 Å². The van der Waals surface area contributed by atoms with Crippen LogP contribution >= 0.6 is 0 Å². The summed E-state index contributed by atoms with van der Waals surface area (Å²) in [6.07, 6.45) is 1.45. The second kappa shape index (κ2) is 7.40. The first-order valence-electron chi connectivity index (χ1n) is 9.23. The largest absolute Gasteiger partial charge is 0.279 e. The molecule has 0 spiro atoms. The van der Waals surface area contributed by atoms with Crippen molar-refractivity contribution >= 4 is 31.4 Å². The fraction of sp³-hybridized carbons (Fsp3) is 0.400. The Morgan fingerprint density at radius 3 is 2.14 bits per heavy atom. The summed E-state index contributed by atoms with van der Waals surface area (Å²) in [5.41, 5.74) is 4.00. The topological polar surface area (TPSA) is 83.6 Å². The third kappa shape index (κ3) is 4.03. The lowest BCUT2D eigenvalue weighted by atomic mass is 10.1. The van der Waals surface area contributed by atoms with E-state index in [4.69, 9.17) is 0 Å². The highest BCUT2D eigenvalue weighted by molar-refractivity contribution is 7.93. The van der Waals surface area contributed by atoms with E-state index in [1.54, 1.807) is 32.0 Å². The van der Waals surface area contributed by atoms with E-state index >= 15 is 0 Å². The summed E-state index contributed by atoms with van der Waals surface area (Å²) in [5, 5.41) is 0. The molecule has 2 aromatic rings. The molecule has 0 aliphatic carbocycles. The molecule has 0 saturated carbocycles. The number of rotatable bonds is 4. The van der Waals surface area contributed by atoms with Crippen molar-refractivity contribution in [3.8, 4) is 0 Å². The van der Waals surface area contributed by atoms with Crippen LogP contribution in [0, 0.1) is 27.7 Å². The summed E-state index contributed by atoms with van der Waals surface area (Å²) >= 11 is 0. The van der Waals surface area contributed by atoms with E-state index < -0.39 is 20.0 Å². The maximum absolute atomic E-state index is 13.1. The van der Waals surface area contributed by atoms with Crippen molar-refractivity contribution in [2.45, 2.75) is 45.4 Å². The zero-order valence-electron chi connectivity index (χ0n) is 16.6. The van der Waals surface area contributed by atoms with Crippen molar-refractivity contribution in [1.29, 1.82) is 0 Å². The molecule has 0 atom stereocenters. The van der Waals surface area contributed by atoms with Crippen LogP contribution in [-0.4, -0.2) is 29.1 Å². The van der Waals surface area contributed by atoms with Crippen LogP contribution in [0.2, 0.25) is 0 Å². The fourth-order valence-corrected chi connectivity index (χ4v) is 6.91. The van der Waals surface area contributed by atoms with Crippen molar-refractivity contribution in [3.05, 3.63) is 52.6 Å². The second-order valence-corrected chi connectivity index (χ2v) is 11.1. The molecular weight excluding hydrogens is 396 g/mol. The SMILES string of the molecule is Cc1ccc(NS(=O)(=O)c2c(C)cc(N3CCCCS3(=O)=O)cc2C)c(C)c1. The lowest BCUT2D eigenvalue weighted by Crippen LogP contribution is -2.38. The highest BCUT2D eigenvalue weighted by Gasteiger charge is 2.28. The average molecular weight is 423 g/mol. The molecule has 0 aromatic heterocycles. The Morgan fingerprint density at radius 1 is 0.929 bits per heavy atom.